The van der Waals surface area contributed by atoms with Crippen LogP contribution in [0.3, 0.4) is 0 Å². The molecule has 0 aliphatic carbocycles. The first-order valence-corrected chi connectivity index (χ1v) is 5.89. The molecule has 0 radical (unpaired) electrons. The summed E-state index contributed by atoms with van der Waals surface area (Å²) in [5, 5.41) is 15.2. The van der Waals surface area contributed by atoms with Crippen molar-refractivity contribution in [3.63, 3.8) is 0 Å². The average Bonchev–Trinajstić information content (AvgIpc) is 2.84. The van der Waals surface area contributed by atoms with E-state index in [1.807, 2.05) is 19.1 Å². The summed E-state index contributed by atoms with van der Waals surface area (Å²) in [4.78, 5) is 11.8. The fourth-order valence-corrected chi connectivity index (χ4v) is 1.63. The van der Waals surface area contributed by atoms with Crippen LogP contribution >= 0.6 is 0 Å². The van der Waals surface area contributed by atoms with Gasteiger partial charge in [0.2, 0.25) is 0 Å². The zero-order chi connectivity index (χ0) is 13.7. The van der Waals surface area contributed by atoms with E-state index in [9.17, 15) is 4.79 Å². The summed E-state index contributed by atoms with van der Waals surface area (Å²) in [5.41, 5.74) is 1.90. The minimum absolute atomic E-state index is 0.166. The highest BCUT2D eigenvalue weighted by molar-refractivity contribution is 5.94. The minimum Gasteiger partial charge on any atom is -0.361 e. The van der Waals surface area contributed by atoms with Gasteiger partial charge in [-0.25, -0.2) is 0 Å². The fourth-order valence-electron chi connectivity index (χ4n) is 1.63. The number of benzene rings is 1. The third kappa shape index (κ3) is 3.42. The van der Waals surface area contributed by atoms with Gasteiger partial charge in [-0.15, -0.1) is 0 Å². The van der Waals surface area contributed by atoms with Crippen LogP contribution in [0.25, 0.3) is 0 Å². The number of hydrogen-bond acceptors (Lipinski definition) is 4. The molecule has 1 N–H and O–H groups in total. The molecule has 5 nitrogen and oxygen atoms in total. The number of amides is 1. The maximum absolute atomic E-state index is 11.8. The highest BCUT2D eigenvalue weighted by atomic mass is 16.5. The van der Waals surface area contributed by atoms with Crippen molar-refractivity contribution in [2.45, 2.75) is 13.3 Å². The zero-order valence-electron chi connectivity index (χ0n) is 10.5. The lowest BCUT2D eigenvalue weighted by molar-refractivity contribution is 0.0953. The van der Waals surface area contributed by atoms with Gasteiger partial charge in [-0.1, -0.05) is 5.16 Å². The van der Waals surface area contributed by atoms with Crippen LogP contribution in [-0.4, -0.2) is 17.6 Å². The number of carbonyl (C=O) groups excluding carboxylic acids is 1. The van der Waals surface area contributed by atoms with Gasteiger partial charge in [0.05, 0.1) is 17.3 Å². The molecule has 19 heavy (non-hydrogen) atoms. The Morgan fingerprint density at radius 2 is 2.16 bits per heavy atom. The number of nitriles is 1. The van der Waals surface area contributed by atoms with Crippen molar-refractivity contribution in [3.05, 3.63) is 52.9 Å². The number of aryl methyl sites for hydroxylation is 1. The predicted octanol–water partition coefficient (Wildman–Crippen LogP) is 1.83. The summed E-state index contributed by atoms with van der Waals surface area (Å²) in [6.45, 7) is 2.33. The lowest BCUT2D eigenvalue weighted by Crippen LogP contribution is -2.25. The van der Waals surface area contributed by atoms with E-state index >= 15 is 0 Å². The van der Waals surface area contributed by atoms with Crippen molar-refractivity contribution in [2.24, 2.45) is 0 Å². The minimum atomic E-state index is -0.166. The summed E-state index contributed by atoms with van der Waals surface area (Å²) >= 11 is 0. The summed E-state index contributed by atoms with van der Waals surface area (Å²) in [5.74, 6) is 0.582. The average molecular weight is 255 g/mol. The van der Waals surface area contributed by atoms with Crippen molar-refractivity contribution in [1.82, 2.24) is 10.5 Å². The highest BCUT2D eigenvalue weighted by Gasteiger charge is 2.06. The van der Waals surface area contributed by atoms with Crippen LogP contribution in [-0.2, 0) is 6.42 Å². The van der Waals surface area contributed by atoms with Gasteiger partial charge in [-0.2, -0.15) is 5.26 Å². The normalized spacial score (nSPS) is 9.89. The smallest absolute Gasteiger partial charge is 0.251 e. The molecule has 0 atom stereocenters. The summed E-state index contributed by atoms with van der Waals surface area (Å²) in [6.07, 6.45) is 0.600. The molecule has 0 bridgehead atoms. The van der Waals surface area contributed by atoms with E-state index in [2.05, 4.69) is 10.5 Å². The third-order valence-electron chi connectivity index (χ3n) is 2.61. The molecule has 5 heteroatoms. The molecule has 1 heterocycles. The number of nitrogens with zero attached hydrogens (tertiary/aromatic N) is 2. The van der Waals surface area contributed by atoms with Gasteiger partial charge in [0.1, 0.15) is 5.76 Å². The van der Waals surface area contributed by atoms with Crippen molar-refractivity contribution >= 4 is 5.91 Å². The Kier molecular flexibility index (Phi) is 3.94. The molecular formula is C14H13N3O2. The lowest BCUT2D eigenvalue weighted by atomic mass is 10.1. The molecule has 0 fully saturated rings. The molecule has 0 saturated carbocycles. The molecule has 0 unspecified atom stereocenters. The Morgan fingerprint density at radius 1 is 1.42 bits per heavy atom. The van der Waals surface area contributed by atoms with Crippen LogP contribution in [0.2, 0.25) is 0 Å². The second kappa shape index (κ2) is 5.83. The number of carbonyl (C=O) groups is 1. The largest absolute Gasteiger partial charge is 0.361 e. The third-order valence-corrected chi connectivity index (χ3v) is 2.61. The van der Waals surface area contributed by atoms with Crippen molar-refractivity contribution in [1.29, 1.82) is 5.26 Å². The molecule has 0 aliphatic rings. The lowest BCUT2D eigenvalue weighted by Gasteiger charge is -2.03. The monoisotopic (exact) mass is 255 g/mol. The predicted molar refractivity (Wildman–Crippen MR) is 68.4 cm³/mol. The van der Waals surface area contributed by atoms with Crippen LogP contribution in [0.4, 0.5) is 0 Å². The molecule has 0 aliphatic heterocycles. The first kappa shape index (κ1) is 12.8. The summed E-state index contributed by atoms with van der Waals surface area (Å²) < 4.78 is 5.04. The maximum Gasteiger partial charge on any atom is 0.251 e. The van der Waals surface area contributed by atoms with Gasteiger partial charge in [0, 0.05) is 24.6 Å². The standard InChI is InChI=1S/C14H13N3O2/c1-10-8-13(19-17-10)6-7-16-14(18)12-4-2-11(9-15)3-5-12/h2-5,8H,6-7H2,1H3,(H,16,18). The molecule has 2 rings (SSSR count). The van der Waals surface area contributed by atoms with Gasteiger partial charge in [0.15, 0.2) is 0 Å². The van der Waals surface area contributed by atoms with Gasteiger partial charge < -0.3 is 9.84 Å². The van der Waals surface area contributed by atoms with Gasteiger partial charge in [0.25, 0.3) is 5.91 Å². The van der Waals surface area contributed by atoms with E-state index in [1.54, 1.807) is 24.3 Å². The van der Waals surface area contributed by atoms with Crippen molar-refractivity contribution in [2.75, 3.05) is 6.54 Å². The Balaban J connectivity index is 1.85. The first-order chi connectivity index (χ1) is 9.19. The molecule has 96 valence electrons. The van der Waals surface area contributed by atoms with E-state index < -0.39 is 0 Å². The van der Waals surface area contributed by atoms with Crippen LogP contribution < -0.4 is 5.32 Å². The number of hydrogen-bond donors (Lipinski definition) is 1. The second-order valence-corrected chi connectivity index (χ2v) is 4.13. The Hall–Kier alpha value is -2.61. The summed E-state index contributed by atoms with van der Waals surface area (Å²) in [6, 6.07) is 10.4. The highest BCUT2D eigenvalue weighted by Crippen LogP contribution is 2.04. The van der Waals surface area contributed by atoms with Gasteiger partial charge >= 0.3 is 0 Å². The number of aromatic nitrogens is 1. The Labute approximate surface area is 110 Å². The van der Waals surface area contributed by atoms with Crippen molar-refractivity contribution < 1.29 is 9.32 Å². The molecule has 1 aromatic heterocycles. The van der Waals surface area contributed by atoms with E-state index in [4.69, 9.17) is 9.78 Å². The van der Waals surface area contributed by atoms with E-state index in [0.29, 0.717) is 24.1 Å². The molecule has 2 aromatic rings. The molecule has 1 aromatic carbocycles. The van der Waals surface area contributed by atoms with Crippen LogP contribution in [0.1, 0.15) is 27.4 Å². The zero-order valence-corrected chi connectivity index (χ0v) is 10.5. The van der Waals surface area contributed by atoms with Crippen LogP contribution in [0.5, 0.6) is 0 Å². The number of nitrogens with one attached hydrogen (secondary N) is 1. The van der Waals surface area contributed by atoms with E-state index in [-0.39, 0.29) is 5.91 Å². The van der Waals surface area contributed by atoms with E-state index in [1.165, 1.54) is 0 Å². The molecule has 1 amide bonds. The molecular weight excluding hydrogens is 242 g/mol. The Morgan fingerprint density at radius 3 is 2.74 bits per heavy atom. The Bertz CT molecular complexity index is 608. The molecule has 0 saturated heterocycles. The number of rotatable bonds is 4. The SMILES string of the molecule is Cc1cc(CCNC(=O)c2ccc(C#N)cc2)on1. The van der Waals surface area contributed by atoms with Crippen LogP contribution in [0.15, 0.2) is 34.9 Å². The first-order valence-electron chi connectivity index (χ1n) is 5.89. The second-order valence-electron chi connectivity index (χ2n) is 4.13. The maximum atomic E-state index is 11.8. The quantitative estimate of drug-likeness (QED) is 0.903. The van der Waals surface area contributed by atoms with Crippen LogP contribution in [0, 0.1) is 18.3 Å². The van der Waals surface area contributed by atoms with Crippen molar-refractivity contribution in [3.8, 4) is 6.07 Å². The summed E-state index contributed by atoms with van der Waals surface area (Å²) in [7, 11) is 0. The topological polar surface area (TPSA) is 78.9 Å². The molecule has 0 spiro atoms. The van der Waals surface area contributed by atoms with Gasteiger partial charge in [-0.3, -0.25) is 4.79 Å². The van der Waals surface area contributed by atoms with Gasteiger partial charge in [-0.05, 0) is 31.2 Å². The fraction of sp³-hybridized carbons (Fsp3) is 0.214. The van der Waals surface area contributed by atoms with E-state index in [0.717, 1.165) is 11.5 Å².